The lowest BCUT2D eigenvalue weighted by atomic mass is 10.1. The van der Waals surface area contributed by atoms with Crippen LogP contribution < -0.4 is 5.32 Å². The Balaban J connectivity index is 1.45. The predicted octanol–water partition coefficient (Wildman–Crippen LogP) is 2.94. The van der Waals surface area contributed by atoms with Gasteiger partial charge in [-0.2, -0.15) is 0 Å². The summed E-state index contributed by atoms with van der Waals surface area (Å²) in [6.07, 6.45) is 7.53. The first-order chi connectivity index (χ1) is 12.2. The highest BCUT2D eigenvalue weighted by Crippen LogP contribution is 2.52. The van der Waals surface area contributed by atoms with Crippen LogP contribution in [-0.2, 0) is 17.9 Å². The summed E-state index contributed by atoms with van der Waals surface area (Å²) in [5, 5.41) is 3.34. The first-order valence-corrected chi connectivity index (χ1v) is 9.09. The Bertz CT molecular complexity index is 763. The predicted molar refractivity (Wildman–Crippen MR) is 95.9 cm³/mol. The number of hydrogen-bond donors (Lipinski definition) is 1. The van der Waals surface area contributed by atoms with Gasteiger partial charge < -0.3 is 5.32 Å². The fourth-order valence-corrected chi connectivity index (χ4v) is 3.98. The number of hydrogen-bond acceptors (Lipinski definition) is 4. The summed E-state index contributed by atoms with van der Waals surface area (Å²) in [5.41, 5.74) is 2.10. The van der Waals surface area contributed by atoms with Crippen LogP contribution in [0, 0.1) is 0 Å². The number of aromatic nitrogens is 2. The number of carbonyl (C=O) groups excluding carboxylic acids is 1. The molecule has 2 aliphatic rings. The van der Waals surface area contributed by atoms with Crippen molar-refractivity contribution < 1.29 is 4.79 Å². The zero-order valence-electron chi connectivity index (χ0n) is 14.0. The van der Waals surface area contributed by atoms with E-state index in [1.165, 1.54) is 18.4 Å². The maximum Gasteiger partial charge on any atom is 0.237 e. The molecule has 1 N–H and O–H groups in total. The summed E-state index contributed by atoms with van der Waals surface area (Å²) in [5.74, 6) is 0.0569. The molecule has 1 spiro atoms. The molecule has 2 fully saturated rings. The smallest absolute Gasteiger partial charge is 0.237 e. The minimum absolute atomic E-state index is 0.0569. The highest BCUT2D eigenvalue weighted by Gasteiger charge is 2.55. The lowest BCUT2D eigenvalue weighted by Crippen LogP contribution is -2.46. The maximum atomic E-state index is 12.8. The molecule has 1 aromatic carbocycles. The first kappa shape index (κ1) is 16.5. The standard InChI is InChI=1S/C19H21ClN4O/c20-17-15(21-10-11-22-17)12-23-18(25)16-6-7-19(8-9-19)24(16)13-14-4-2-1-3-5-14/h1-5,10-11,16H,6-9,12-13H2,(H,23,25)/t16-/m0/s1. The van der Waals surface area contributed by atoms with Crippen LogP contribution in [0.25, 0.3) is 0 Å². The maximum absolute atomic E-state index is 12.8. The molecule has 0 unspecified atom stereocenters. The van der Waals surface area contributed by atoms with Crippen LogP contribution in [0.1, 0.15) is 36.9 Å². The molecular weight excluding hydrogens is 336 g/mol. The van der Waals surface area contributed by atoms with Crippen molar-refractivity contribution in [1.29, 1.82) is 0 Å². The topological polar surface area (TPSA) is 58.1 Å². The molecule has 1 aliphatic heterocycles. The van der Waals surface area contributed by atoms with E-state index in [9.17, 15) is 4.79 Å². The third kappa shape index (κ3) is 3.39. The highest BCUT2D eigenvalue weighted by atomic mass is 35.5. The molecule has 130 valence electrons. The van der Waals surface area contributed by atoms with E-state index in [-0.39, 0.29) is 17.5 Å². The zero-order chi connectivity index (χ0) is 17.3. The minimum atomic E-state index is -0.0850. The van der Waals surface area contributed by atoms with Gasteiger partial charge in [0.2, 0.25) is 5.91 Å². The van der Waals surface area contributed by atoms with E-state index >= 15 is 0 Å². The lowest BCUT2D eigenvalue weighted by Gasteiger charge is -2.29. The molecule has 1 atom stereocenters. The summed E-state index contributed by atoms with van der Waals surface area (Å²) < 4.78 is 0. The van der Waals surface area contributed by atoms with Crippen LogP contribution in [-0.4, -0.2) is 32.4 Å². The Hall–Kier alpha value is -1.98. The number of nitrogens with one attached hydrogen (secondary N) is 1. The van der Waals surface area contributed by atoms with E-state index in [1.807, 2.05) is 6.07 Å². The Morgan fingerprint density at radius 1 is 1.20 bits per heavy atom. The van der Waals surface area contributed by atoms with Crippen molar-refractivity contribution in [2.45, 2.75) is 50.4 Å². The van der Waals surface area contributed by atoms with Crippen molar-refractivity contribution in [1.82, 2.24) is 20.2 Å². The molecule has 2 heterocycles. The third-order valence-electron chi connectivity index (χ3n) is 5.35. The third-order valence-corrected chi connectivity index (χ3v) is 5.66. The fraction of sp³-hybridized carbons (Fsp3) is 0.421. The molecular formula is C19H21ClN4O. The van der Waals surface area contributed by atoms with Gasteiger partial charge in [-0.15, -0.1) is 0 Å². The Kier molecular flexibility index (Phi) is 4.44. The number of halogens is 1. The van der Waals surface area contributed by atoms with Crippen molar-refractivity contribution in [3.8, 4) is 0 Å². The van der Waals surface area contributed by atoms with Gasteiger partial charge in [0, 0.05) is 24.5 Å². The van der Waals surface area contributed by atoms with Crippen molar-refractivity contribution in [2.75, 3.05) is 0 Å². The Morgan fingerprint density at radius 3 is 2.68 bits per heavy atom. The largest absolute Gasteiger partial charge is 0.349 e. The van der Waals surface area contributed by atoms with Crippen LogP contribution in [0.5, 0.6) is 0 Å². The number of benzene rings is 1. The van der Waals surface area contributed by atoms with Gasteiger partial charge in [-0.1, -0.05) is 41.9 Å². The fourth-order valence-electron chi connectivity index (χ4n) is 3.80. The van der Waals surface area contributed by atoms with Crippen LogP contribution >= 0.6 is 11.6 Å². The van der Waals surface area contributed by atoms with E-state index in [4.69, 9.17) is 11.6 Å². The van der Waals surface area contributed by atoms with Crippen LogP contribution in [0.3, 0.4) is 0 Å². The van der Waals surface area contributed by atoms with E-state index in [2.05, 4.69) is 44.5 Å². The zero-order valence-corrected chi connectivity index (χ0v) is 14.7. The highest BCUT2D eigenvalue weighted by molar-refractivity contribution is 6.29. The van der Waals surface area contributed by atoms with Gasteiger partial charge in [-0.3, -0.25) is 14.7 Å². The number of rotatable bonds is 5. The van der Waals surface area contributed by atoms with Gasteiger partial charge in [0.15, 0.2) is 5.15 Å². The molecule has 2 aromatic rings. The second-order valence-corrected chi connectivity index (χ2v) is 7.26. The lowest BCUT2D eigenvalue weighted by molar-refractivity contribution is -0.126. The van der Waals surface area contributed by atoms with Crippen LogP contribution in [0.15, 0.2) is 42.7 Å². The molecule has 1 saturated carbocycles. The molecule has 5 nitrogen and oxygen atoms in total. The number of amides is 1. The van der Waals surface area contributed by atoms with E-state index in [0.717, 1.165) is 19.4 Å². The van der Waals surface area contributed by atoms with Crippen LogP contribution in [0.4, 0.5) is 0 Å². The van der Waals surface area contributed by atoms with Gasteiger partial charge in [-0.25, -0.2) is 4.98 Å². The van der Waals surface area contributed by atoms with E-state index in [0.29, 0.717) is 17.4 Å². The number of likely N-dealkylation sites (tertiary alicyclic amines) is 1. The van der Waals surface area contributed by atoms with Gasteiger partial charge >= 0.3 is 0 Å². The van der Waals surface area contributed by atoms with Gasteiger partial charge in [0.05, 0.1) is 18.3 Å². The second kappa shape index (κ2) is 6.73. The number of nitrogens with zero attached hydrogens (tertiary/aromatic N) is 3. The molecule has 25 heavy (non-hydrogen) atoms. The minimum Gasteiger partial charge on any atom is -0.349 e. The Morgan fingerprint density at radius 2 is 1.96 bits per heavy atom. The summed E-state index contributed by atoms with van der Waals surface area (Å²) in [4.78, 5) is 23.4. The first-order valence-electron chi connectivity index (χ1n) is 8.72. The molecule has 1 saturated heterocycles. The quantitative estimate of drug-likeness (QED) is 0.894. The molecule has 4 rings (SSSR count). The Labute approximate surface area is 152 Å². The van der Waals surface area contributed by atoms with Gasteiger partial charge in [0.1, 0.15) is 0 Å². The second-order valence-electron chi connectivity index (χ2n) is 6.90. The average molecular weight is 357 g/mol. The summed E-state index contributed by atoms with van der Waals surface area (Å²) in [7, 11) is 0. The number of carbonyl (C=O) groups is 1. The molecule has 1 aliphatic carbocycles. The summed E-state index contributed by atoms with van der Waals surface area (Å²) in [6.45, 7) is 1.14. The van der Waals surface area contributed by atoms with Crippen molar-refractivity contribution in [2.24, 2.45) is 0 Å². The molecule has 0 radical (unpaired) electrons. The van der Waals surface area contributed by atoms with Crippen molar-refractivity contribution >= 4 is 17.5 Å². The summed E-state index contributed by atoms with van der Waals surface area (Å²) in [6, 6.07) is 10.3. The SMILES string of the molecule is O=C(NCc1nccnc1Cl)[C@@H]1CCC2(CC2)N1Cc1ccccc1. The van der Waals surface area contributed by atoms with E-state index in [1.54, 1.807) is 12.4 Å². The average Bonchev–Trinajstić information content (AvgIpc) is 3.33. The molecule has 1 amide bonds. The normalized spacial score (nSPS) is 21.4. The van der Waals surface area contributed by atoms with Gasteiger partial charge in [-0.05, 0) is 31.2 Å². The van der Waals surface area contributed by atoms with E-state index < -0.39 is 0 Å². The molecule has 6 heteroatoms. The van der Waals surface area contributed by atoms with Crippen molar-refractivity contribution in [3.05, 3.63) is 59.1 Å². The van der Waals surface area contributed by atoms with Crippen LogP contribution in [0.2, 0.25) is 5.15 Å². The monoisotopic (exact) mass is 356 g/mol. The molecule has 0 bridgehead atoms. The van der Waals surface area contributed by atoms with Gasteiger partial charge in [0.25, 0.3) is 0 Å². The summed E-state index contributed by atoms with van der Waals surface area (Å²) >= 11 is 6.02. The molecule has 1 aromatic heterocycles. The van der Waals surface area contributed by atoms with Crippen molar-refractivity contribution in [3.63, 3.8) is 0 Å².